The Kier molecular flexibility index (Phi) is 13.3. The molecule has 0 radical (unpaired) electrons. The molecule has 3 aromatic rings. The van der Waals surface area contributed by atoms with Crippen LogP contribution in [0.3, 0.4) is 0 Å². The number of anilines is 2. The van der Waals surface area contributed by atoms with Gasteiger partial charge < -0.3 is 35.0 Å². The number of amides is 3. The maximum atomic E-state index is 14.5. The lowest BCUT2D eigenvalue weighted by Crippen LogP contribution is -2.47. The quantitative estimate of drug-likeness (QED) is 0.226. The third kappa shape index (κ3) is 10.2. The number of hydrogen-bond donors (Lipinski definition) is 3. The van der Waals surface area contributed by atoms with E-state index in [1.54, 1.807) is 23.1 Å². The first-order chi connectivity index (χ1) is 23.7. The minimum absolute atomic E-state index is 0.0192. The summed E-state index contributed by atoms with van der Waals surface area (Å²) in [5.74, 6) is 0.971. The summed E-state index contributed by atoms with van der Waals surface area (Å²) in [6.07, 6.45) is 9.10. The summed E-state index contributed by atoms with van der Waals surface area (Å²) in [5, 5.41) is 18.1. The first-order valence-electron chi connectivity index (χ1n) is 18.3. The second-order valence-corrected chi connectivity index (χ2v) is 14.3. The Hall–Kier alpha value is -3.66. The van der Waals surface area contributed by atoms with Crippen LogP contribution in [-0.4, -0.2) is 85.0 Å². The molecule has 4 atom stereocenters. The van der Waals surface area contributed by atoms with Crippen molar-refractivity contribution in [3.8, 4) is 5.75 Å². The van der Waals surface area contributed by atoms with Gasteiger partial charge in [-0.05, 0) is 88.6 Å². The Labute approximate surface area is 292 Å². The summed E-state index contributed by atoms with van der Waals surface area (Å²) in [5.41, 5.74) is 1.52. The van der Waals surface area contributed by atoms with Crippen molar-refractivity contribution in [2.45, 2.75) is 90.4 Å². The fourth-order valence-electron chi connectivity index (χ4n) is 7.27. The van der Waals surface area contributed by atoms with E-state index in [9.17, 15) is 14.7 Å². The minimum Gasteiger partial charge on any atom is -0.490 e. The highest BCUT2D eigenvalue weighted by molar-refractivity contribution is 6.07. The van der Waals surface area contributed by atoms with Crippen LogP contribution in [0.2, 0.25) is 0 Å². The highest BCUT2D eigenvalue weighted by Gasteiger charge is 2.31. The van der Waals surface area contributed by atoms with Gasteiger partial charge in [0.1, 0.15) is 5.75 Å². The van der Waals surface area contributed by atoms with Crippen LogP contribution in [0.1, 0.15) is 82.5 Å². The molecule has 0 unspecified atom stereocenters. The van der Waals surface area contributed by atoms with Crippen molar-refractivity contribution >= 4 is 34.1 Å². The highest BCUT2D eigenvalue weighted by Crippen LogP contribution is 2.30. The number of aliphatic hydroxyl groups is 1. The lowest BCUT2D eigenvalue weighted by atomic mass is 9.89. The van der Waals surface area contributed by atoms with E-state index in [-0.39, 0.29) is 30.6 Å². The number of urea groups is 1. The molecule has 9 nitrogen and oxygen atoms in total. The molecule has 2 aliphatic rings. The summed E-state index contributed by atoms with van der Waals surface area (Å²) in [7, 11) is 2.19. The van der Waals surface area contributed by atoms with Crippen LogP contribution in [0.4, 0.5) is 16.2 Å². The van der Waals surface area contributed by atoms with Gasteiger partial charge in [0.15, 0.2) is 0 Å². The Balaban J connectivity index is 1.37. The molecule has 266 valence electrons. The second kappa shape index (κ2) is 17.8. The molecule has 0 aromatic heterocycles. The van der Waals surface area contributed by atoms with E-state index < -0.39 is 12.1 Å². The zero-order valence-corrected chi connectivity index (χ0v) is 29.8. The SMILES string of the molecule is C[C@@H]1CCCCO[C@@H](CN(C)CC2CCCCC2)[C@H](C)CN([C@@H](C)CO)C(=O)c2cc(NC(=O)Nc3cccc4ccccc34)ccc2O1. The normalized spacial score (nSPS) is 22.2. The van der Waals surface area contributed by atoms with E-state index in [4.69, 9.17) is 9.47 Å². The number of hydrogen-bond acceptors (Lipinski definition) is 6. The molecular weight excluding hydrogens is 616 g/mol. The van der Waals surface area contributed by atoms with Gasteiger partial charge in [-0.1, -0.05) is 62.6 Å². The average Bonchev–Trinajstić information content (AvgIpc) is 3.10. The van der Waals surface area contributed by atoms with Gasteiger partial charge in [-0.25, -0.2) is 4.79 Å². The van der Waals surface area contributed by atoms with Crippen molar-refractivity contribution in [3.63, 3.8) is 0 Å². The Bertz CT molecular complexity index is 1520. The van der Waals surface area contributed by atoms with Gasteiger partial charge >= 0.3 is 6.03 Å². The van der Waals surface area contributed by atoms with Crippen molar-refractivity contribution in [3.05, 3.63) is 66.2 Å². The molecule has 1 saturated carbocycles. The number of nitrogens with one attached hydrogen (secondary N) is 2. The smallest absolute Gasteiger partial charge is 0.323 e. The van der Waals surface area contributed by atoms with E-state index in [2.05, 4.69) is 29.5 Å². The van der Waals surface area contributed by atoms with Crippen molar-refractivity contribution < 1.29 is 24.2 Å². The van der Waals surface area contributed by atoms with E-state index in [0.29, 0.717) is 35.8 Å². The van der Waals surface area contributed by atoms with Gasteiger partial charge in [0.25, 0.3) is 5.91 Å². The van der Waals surface area contributed by atoms with Gasteiger partial charge in [-0.3, -0.25) is 4.79 Å². The molecule has 5 rings (SSSR count). The summed E-state index contributed by atoms with van der Waals surface area (Å²) in [4.78, 5) is 31.8. The third-order valence-electron chi connectivity index (χ3n) is 10.1. The van der Waals surface area contributed by atoms with Crippen LogP contribution in [-0.2, 0) is 4.74 Å². The van der Waals surface area contributed by atoms with Gasteiger partial charge in [0.05, 0.1) is 36.1 Å². The number of ether oxygens (including phenoxy) is 2. The minimum atomic E-state index is -0.431. The summed E-state index contributed by atoms with van der Waals surface area (Å²) < 4.78 is 12.9. The van der Waals surface area contributed by atoms with Gasteiger partial charge in [-0.2, -0.15) is 0 Å². The van der Waals surface area contributed by atoms with Gasteiger partial charge in [0.2, 0.25) is 0 Å². The molecule has 3 N–H and O–H groups in total. The zero-order chi connectivity index (χ0) is 34.8. The lowest BCUT2D eigenvalue weighted by Gasteiger charge is -2.36. The molecule has 1 aliphatic carbocycles. The van der Waals surface area contributed by atoms with Crippen LogP contribution >= 0.6 is 0 Å². The van der Waals surface area contributed by atoms with Gasteiger partial charge in [0, 0.05) is 43.2 Å². The lowest BCUT2D eigenvalue weighted by molar-refractivity contribution is -0.0190. The first kappa shape index (κ1) is 36.6. The maximum Gasteiger partial charge on any atom is 0.323 e. The van der Waals surface area contributed by atoms with E-state index >= 15 is 0 Å². The number of nitrogens with zero attached hydrogens (tertiary/aromatic N) is 2. The third-order valence-corrected chi connectivity index (χ3v) is 10.1. The topological polar surface area (TPSA) is 103 Å². The van der Waals surface area contributed by atoms with E-state index in [0.717, 1.165) is 49.0 Å². The summed E-state index contributed by atoms with van der Waals surface area (Å²) >= 11 is 0. The number of carbonyl (C=O) groups is 2. The zero-order valence-electron chi connectivity index (χ0n) is 29.8. The van der Waals surface area contributed by atoms with Crippen LogP contribution in [0.25, 0.3) is 10.8 Å². The molecule has 9 heteroatoms. The number of benzene rings is 3. The standard InChI is InChI=1S/C40H56N4O5/c1-28-24-44(29(2)27-45)39(46)35-23-33(41-40(47)42-36-19-12-17-32-16-8-9-18-34(32)36)20-21-37(35)49-30(3)13-10-11-22-48-38(28)26-43(4)25-31-14-6-5-7-15-31/h8-9,12,16-21,23,28-31,38,45H,5-7,10-11,13-15,22,24-27H2,1-4H3,(H2,41,42,47)/t28-,29+,30-,38+/m1/s1. The predicted octanol–water partition coefficient (Wildman–Crippen LogP) is 7.79. The average molecular weight is 673 g/mol. The molecule has 49 heavy (non-hydrogen) atoms. The Morgan fingerprint density at radius 3 is 2.51 bits per heavy atom. The Morgan fingerprint density at radius 1 is 0.959 bits per heavy atom. The summed E-state index contributed by atoms with van der Waals surface area (Å²) in [6, 6.07) is 18.0. The number of likely N-dealkylation sites (N-methyl/N-ethyl adjacent to an activating group) is 1. The van der Waals surface area contributed by atoms with Crippen LogP contribution in [0, 0.1) is 11.8 Å². The number of fused-ring (bicyclic) bond motifs is 2. The van der Waals surface area contributed by atoms with Crippen molar-refractivity contribution in [2.75, 3.05) is 50.5 Å². The van der Waals surface area contributed by atoms with E-state index in [1.165, 1.54) is 32.1 Å². The summed E-state index contributed by atoms with van der Waals surface area (Å²) in [6.45, 7) is 8.78. The monoisotopic (exact) mass is 672 g/mol. The van der Waals surface area contributed by atoms with Crippen molar-refractivity contribution in [1.82, 2.24) is 9.80 Å². The molecule has 1 aliphatic heterocycles. The second-order valence-electron chi connectivity index (χ2n) is 14.3. The van der Waals surface area contributed by atoms with Crippen molar-refractivity contribution in [2.24, 2.45) is 11.8 Å². The molecule has 0 bridgehead atoms. The molecule has 3 aromatic carbocycles. The largest absolute Gasteiger partial charge is 0.490 e. The fourth-order valence-corrected chi connectivity index (χ4v) is 7.27. The van der Waals surface area contributed by atoms with Gasteiger partial charge in [-0.15, -0.1) is 0 Å². The van der Waals surface area contributed by atoms with Crippen LogP contribution in [0.15, 0.2) is 60.7 Å². The van der Waals surface area contributed by atoms with Crippen LogP contribution < -0.4 is 15.4 Å². The highest BCUT2D eigenvalue weighted by atomic mass is 16.5. The Morgan fingerprint density at radius 2 is 1.71 bits per heavy atom. The number of rotatable bonds is 8. The molecule has 0 spiro atoms. The molecule has 1 fully saturated rings. The van der Waals surface area contributed by atoms with Crippen LogP contribution in [0.5, 0.6) is 5.75 Å². The fraction of sp³-hybridized carbons (Fsp3) is 0.550. The first-order valence-corrected chi connectivity index (χ1v) is 18.3. The molecule has 3 amide bonds. The molecule has 0 saturated heterocycles. The molecule has 1 heterocycles. The van der Waals surface area contributed by atoms with Crippen molar-refractivity contribution in [1.29, 1.82) is 0 Å². The number of carbonyl (C=O) groups excluding carboxylic acids is 2. The van der Waals surface area contributed by atoms with E-state index in [1.807, 2.05) is 56.3 Å². The maximum absolute atomic E-state index is 14.5. The predicted molar refractivity (Wildman–Crippen MR) is 198 cm³/mol. The number of aliphatic hydroxyl groups excluding tert-OH is 1. The molecular formula is C40H56N4O5.